The van der Waals surface area contributed by atoms with Crippen molar-refractivity contribution < 1.29 is 0 Å². The molecule has 0 spiro atoms. The highest BCUT2D eigenvalue weighted by molar-refractivity contribution is 9.09. The van der Waals surface area contributed by atoms with Crippen LogP contribution in [0.3, 0.4) is 0 Å². The molecule has 0 aromatic heterocycles. The Morgan fingerprint density at radius 2 is 2.25 bits per heavy atom. The molecule has 1 aliphatic heterocycles. The second kappa shape index (κ2) is 2.80. The third-order valence-electron chi connectivity index (χ3n) is 1.39. The lowest BCUT2D eigenvalue weighted by atomic mass is 10.1. The summed E-state index contributed by atoms with van der Waals surface area (Å²) in [7, 11) is 0. The largest absolute Gasteiger partial charge is 0.327 e. The summed E-state index contributed by atoms with van der Waals surface area (Å²) in [6.45, 7) is 0.954. The average molecular weight is 179 g/mol. The van der Waals surface area contributed by atoms with Crippen molar-refractivity contribution in [1.29, 1.82) is 0 Å². The lowest BCUT2D eigenvalue weighted by molar-refractivity contribution is 0.441. The summed E-state index contributed by atoms with van der Waals surface area (Å²) >= 11 is 3.45. The van der Waals surface area contributed by atoms with Crippen molar-refractivity contribution in [2.24, 2.45) is 5.73 Å². The van der Waals surface area contributed by atoms with E-state index in [2.05, 4.69) is 21.2 Å². The predicted octanol–water partition coefficient (Wildman–Crippen LogP) is 0.418. The van der Waals surface area contributed by atoms with Crippen LogP contribution in [-0.2, 0) is 0 Å². The van der Waals surface area contributed by atoms with Crippen molar-refractivity contribution in [2.45, 2.75) is 23.8 Å². The Bertz CT molecular complexity index is 58.8. The molecule has 1 saturated heterocycles. The predicted molar refractivity (Wildman–Crippen MR) is 37.9 cm³/mol. The number of rotatable bonds is 0. The fourth-order valence-corrected chi connectivity index (χ4v) is 1.30. The minimum absolute atomic E-state index is 0.379. The Kier molecular flexibility index (Phi) is 2.28. The number of piperidine rings is 1. The topological polar surface area (TPSA) is 38.0 Å². The molecule has 0 radical (unpaired) electrons. The van der Waals surface area contributed by atoms with Crippen molar-refractivity contribution in [3.8, 4) is 0 Å². The van der Waals surface area contributed by atoms with Crippen LogP contribution in [-0.4, -0.2) is 17.5 Å². The maximum Gasteiger partial charge on any atom is 0.0631 e. The van der Waals surface area contributed by atoms with Gasteiger partial charge in [0.2, 0.25) is 0 Å². The van der Waals surface area contributed by atoms with Gasteiger partial charge in [-0.15, -0.1) is 0 Å². The van der Waals surface area contributed by atoms with Crippen LogP contribution in [0.4, 0.5) is 0 Å². The molecule has 1 heterocycles. The molecular weight excluding hydrogens is 168 g/mol. The van der Waals surface area contributed by atoms with E-state index < -0.39 is 0 Å². The van der Waals surface area contributed by atoms with Gasteiger partial charge in [0.1, 0.15) is 0 Å². The zero-order chi connectivity index (χ0) is 5.98. The van der Waals surface area contributed by atoms with Crippen molar-refractivity contribution in [1.82, 2.24) is 5.32 Å². The number of nitrogens with two attached hydrogens (primary N) is 1. The van der Waals surface area contributed by atoms with Crippen LogP contribution in [0.5, 0.6) is 0 Å². The van der Waals surface area contributed by atoms with Gasteiger partial charge in [0.05, 0.1) is 4.95 Å². The van der Waals surface area contributed by atoms with Gasteiger partial charge in [0.25, 0.3) is 0 Å². The number of nitrogens with one attached hydrogen (secondary N) is 1. The molecule has 3 heteroatoms. The Labute approximate surface area is 58.0 Å². The van der Waals surface area contributed by atoms with Gasteiger partial charge in [0, 0.05) is 12.6 Å². The Morgan fingerprint density at radius 1 is 1.50 bits per heavy atom. The molecule has 0 aliphatic carbocycles. The van der Waals surface area contributed by atoms with Gasteiger partial charge in [-0.05, 0) is 12.8 Å². The molecule has 0 aromatic carbocycles. The second-order valence-electron chi connectivity index (χ2n) is 2.21. The van der Waals surface area contributed by atoms with Gasteiger partial charge in [-0.1, -0.05) is 15.9 Å². The van der Waals surface area contributed by atoms with Crippen molar-refractivity contribution in [3.63, 3.8) is 0 Å². The van der Waals surface area contributed by atoms with Gasteiger partial charge in [-0.25, -0.2) is 0 Å². The molecule has 2 atom stereocenters. The highest BCUT2D eigenvalue weighted by Crippen LogP contribution is 2.10. The molecule has 8 heavy (non-hydrogen) atoms. The number of alkyl halides is 1. The van der Waals surface area contributed by atoms with Gasteiger partial charge in [-0.3, -0.25) is 0 Å². The molecule has 0 saturated carbocycles. The summed E-state index contributed by atoms with van der Waals surface area (Å²) < 4.78 is 0. The van der Waals surface area contributed by atoms with Crippen LogP contribution in [0.25, 0.3) is 0 Å². The molecule has 48 valence electrons. The first-order valence-electron chi connectivity index (χ1n) is 2.92. The normalized spacial score (nSPS) is 39.8. The van der Waals surface area contributed by atoms with Crippen LogP contribution >= 0.6 is 15.9 Å². The lowest BCUT2D eigenvalue weighted by Crippen LogP contribution is -2.42. The van der Waals surface area contributed by atoms with Gasteiger partial charge >= 0.3 is 0 Å². The first-order valence-corrected chi connectivity index (χ1v) is 3.83. The van der Waals surface area contributed by atoms with E-state index in [0.29, 0.717) is 11.0 Å². The fourth-order valence-electron chi connectivity index (χ4n) is 0.844. The highest BCUT2D eigenvalue weighted by atomic mass is 79.9. The third-order valence-corrected chi connectivity index (χ3v) is 2.17. The third kappa shape index (κ3) is 1.73. The zero-order valence-corrected chi connectivity index (χ0v) is 6.32. The smallest absolute Gasteiger partial charge is 0.0631 e. The van der Waals surface area contributed by atoms with Gasteiger partial charge < -0.3 is 11.1 Å². The minimum Gasteiger partial charge on any atom is -0.327 e. The number of hydrogen-bond donors (Lipinski definition) is 2. The molecule has 1 rings (SSSR count). The van der Waals surface area contributed by atoms with E-state index in [0.717, 1.165) is 19.4 Å². The Hall–Kier alpha value is 0.400. The SMILES string of the molecule is NC1CCC(Br)NC1. The first kappa shape index (κ1) is 6.52. The van der Waals surface area contributed by atoms with E-state index in [4.69, 9.17) is 5.73 Å². The standard InChI is InChI=1S/C5H11BrN2/c6-5-2-1-4(7)3-8-5/h4-5,8H,1-3,7H2. The molecule has 1 fully saturated rings. The highest BCUT2D eigenvalue weighted by Gasteiger charge is 2.13. The van der Waals surface area contributed by atoms with Crippen LogP contribution in [0.1, 0.15) is 12.8 Å². The molecule has 0 bridgehead atoms. The maximum absolute atomic E-state index is 5.61. The second-order valence-corrected chi connectivity index (χ2v) is 3.32. The van der Waals surface area contributed by atoms with E-state index in [1.165, 1.54) is 0 Å². The summed E-state index contributed by atoms with van der Waals surface area (Å²) in [5, 5.41) is 3.22. The summed E-state index contributed by atoms with van der Waals surface area (Å²) in [5.74, 6) is 0. The zero-order valence-electron chi connectivity index (χ0n) is 4.73. The summed E-state index contributed by atoms with van der Waals surface area (Å²) in [4.78, 5) is 0.502. The molecule has 0 amide bonds. The molecule has 2 unspecified atom stereocenters. The van der Waals surface area contributed by atoms with E-state index in [-0.39, 0.29) is 0 Å². The Morgan fingerprint density at radius 3 is 2.62 bits per heavy atom. The number of halogens is 1. The molecule has 3 N–H and O–H groups in total. The maximum atomic E-state index is 5.61. The fraction of sp³-hybridized carbons (Fsp3) is 1.00. The van der Waals surface area contributed by atoms with Crippen molar-refractivity contribution in [2.75, 3.05) is 6.54 Å². The van der Waals surface area contributed by atoms with Crippen LogP contribution in [0.2, 0.25) is 0 Å². The molecule has 1 aliphatic rings. The average Bonchev–Trinajstić information content (AvgIpc) is 1.77. The molecule has 0 aromatic rings. The minimum atomic E-state index is 0.379. The van der Waals surface area contributed by atoms with E-state index >= 15 is 0 Å². The van der Waals surface area contributed by atoms with E-state index in [1.54, 1.807) is 0 Å². The molecule has 2 nitrogen and oxygen atoms in total. The van der Waals surface area contributed by atoms with Crippen molar-refractivity contribution >= 4 is 15.9 Å². The lowest BCUT2D eigenvalue weighted by Gasteiger charge is -2.22. The van der Waals surface area contributed by atoms with E-state index in [9.17, 15) is 0 Å². The first-order chi connectivity index (χ1) is 3.79. The van der Waals surface area contributed by atoms with Crippen LogP contribution < -0.4 is 11.1 Å². The van der Waals surface area contributed by atoms with Gasteiger partial charge in [0.15, 0.2) is 0 Å². The van der Waals surface area contributed by atoms with Crippen LogP contribution in [0, 0.1) is 0 Å². The summed E-state index contributed by atoms with van der Waals surface area (Å²) in [6, 6.07) is 0.379. The Balaban J connectivity index is 2.19. The summed E-state index contributed by atoms with van der Waals surface area (Å²) in [5.41, 5.74) is 5.61. The summed E-state index contributed by atoms with van der Waals surface area (Å²) in [6.07, 6.45) is 2.30. The van der Waals surface area contributed by atoms with Crippen molar-refractivity contribution in [3.05, 3.63) is 0 Å². The van der Waals surface area contributed by atoms with Crippen LogP contribution in [0.15, 0.2) is 0 Å². The monoisotopic (exact) mass is 178 g/mol. The van der Waals surface area contributed by atoms with Gasteiger partial charge in [-0.2, -0.15) is 0 Å². The van der Waals surface area contributed by atoms with E-state index in [1.807, 2.05) is 0 Å². The molecular formula is C5H11BrN2. The quantitative estimate of drug-likeness (QED) is 0.417. The number of hydrogen-bond acceptors (Lipinski definition) is 2.